The Morgan fingerprint density at radius 3 is 2.48 bits per heavy atom. The molecule has 0 spiro atoms. The molecule has 3 aromatic rings. The van der Waals surface area contributed by atoms with E-state index in [4.69, 9.17) is 22.1 Å². The number of aliphatic hydroxyl groups excluding tert-OH is 1. The minimum Gasteiger partial charge on any atom is -0.478 e. The first kappa shape index (κ1) is 28.2. The summed E-state index contributed by atoms with van der Waals surface area (Å²) in [6.45, 7) is -3.28. The number of rotatable bonds is 8. The number of alkyl halides is 2. The van der Waals surface area contributed by atoms with Crippen LogP contribution in [-0.2, 0) is 5.60 Å². The van der Waals surface area contributed by atoms with Crippen LogP contribution >= 0.6 is 11.6 Å². The van der Waals surface area contributed by atoms with Gasteiger partial charge in [-0.1, -0.05) is 61.2 Å². The van der Waals surface area contributed by atoms with Gasteiger partial charge in [-0.25, -0.2) is 8.78 Å². The zero-order valence-electron chi connectivity index (χ0n) is 21.2. The zero-order valence-corrected chi connectivity index (χ0v) is 22.0. The Balaban J connectivity index is 1.70. The molecule has 212 valence electrons. The van der Waals surface area contributed by atoms with Crippen LogP contribution in [0.2, 0.25) is 5.02 Å². The number of ether oxygens (including phenoxy) is 2. The van der Waals surface area contributed by atoms with Crippen LogP contribution in [0, 0.1) is 11.6 Å². The van der Waals surface area contributed by atoms with Crippen molar-refractivity contribution in [1.82, 2.24) is 5.32 Å². The number of benzene rings is 3. The van der Waals surface area contributed by atoms with Crippen LogP contribution in [0.15, 0.2) is 48.5 Å². The highest BCUT2D eigenvalue weighted by molar-refractivity contribution is 6.34. The third kappa shape index (κ3) is 5.00. The number of aliphatic hydroxyl groups is 1. The second-order valence-electron chi connectivity index (χ2n) is 9.98. The molecule has 2 aliphatic rings. The number of nitrogens with one attached hydrogen (secondary N) is 1. The Morgan fingerprint density at radius 2 is 1.82 bits per heavy atom. The van der Waals surface area contributed by atoms with Crippen molar-refractivity contribution in [1.29, 1.82) is 0 Å². The third-order valence-corrected chi connectivity index (χ3v) is 7.96. The first-order valence-corrected chi connectivity index (χ1v) is 13.3. The minimum absolute atomic E-state index is 0.107. The molecule has 0 aromatic heterocycles. The Kier molecular flexibility index (Phi) is 7.94. The summed E-state index contributed by atoms with van der Waals surface area (Å²) >= 11 is 6.36. The quantitative estimate of drug-likeness (QED) is 0.276. The van der Waals surface area contributed by atoms with Crippen molar-refractivity contribution in [3.05, 3.63) is 81.9 Å². The number of nitrogens with two attached hydrogens (primary N) is 1. The fourth-order valence-corrected chi connectivity index (χ4v) is 5.92. The highest BCUT2D eigenvalue weighted by atomic mass is 35.5. The van der Waals surface area contributed by atoms with Gasteiger partial charge in [0.15, 0.2) is 17.2 Å². The Morgan fingerprint density at radius 1 is 1.12 bits per heavy atom. The van der Waals surface area contributed by atoms with E-state index in [-0.39, 0.29) is 23.9 Å². The summed E-state index contributed by atoms with van der Waals surface area (Å²) in [6, 6.07) is 11.7. The number of hydrogen-bond acceptors (Lipinski definition) is 5. The van der Waals surface area contributed by atoms with Crippen LogP contribution in [-0.4, -0.2) is 30.2 Å². The van der Waals surface area contributed by atoms with Crippen LogP contribution in [0.1, 0.15) is 59.7 Å². The highest BCUT2D eigenvalue weighted by Crippen LogP contribution is 2.55. The van der Waals surface area contributed by atoms with E-state index in [9.17, 15) is 18.7 Å². The number of amides is 1. The molecule has 1 aliphatic carbocycles. The first-order chi connectivity index (χ1) is 19.1. The average molecular weight is 579 g/mol. The molecule has 3 aromatic carbocycles. The molecule has 4 N–H and O–H groups in total. The maximum absolute atomic E-state index is 15.8. The van der Waals surface area contributed by atoms with E-state index < -0.39 is 63.3 Å². The molecular formula is C29H27ClF4N2O4. The van der Waals surface area contributed by atoms with Gasteiger partial charge in [0.25, 0.3) is 0 Å². The molecule has 2 atom stereocenters. The van der Waals surface area contributed by atoms with Crippen molar-refractivity contribution in [3.63, 3.8) is 0 Å². The van der Waals surface area contributed by atoms with Crippen molar-refractivity contribution in [2.75, 3.05) is 6.54 Å². The van der Waals surface area contributed by atoms with E-state index in [2.05, 4.69) is 10.1 Å². The SMILES string of the molecule is NC(=O)c1ccc(OC(F)F)c(F)c1-c1c(Cl)c(F)cc2c1[C@H](O)[C@@](CNC1CCCCC1)(c1ccccc1)O2. The van der Waals surface area contributed by atoms with Gasteiger partial charge in [0.2, 0.25) is 5.91 Å². The van der Waals surface area contributed by atoms with Crippen LogP contribution < -0.4 is 20.5 Å². The molecule has 1 fully saturated rings. The number of carbonyl (C=O) groups is 1. The summed E-state index contributed by atoms with van der Waals surface area (Å²) in [5.41, 5.74) is 2.83. The van der Waals surface area contributed by atoms with Crippen LogP contribution in [0.3, 0.4) is 0 Å². The zero-order chi connectivity index (χ0) is 28.6. The van der Waals surface area contributed by atoms with Gasteiger partial charge in [0, 0.05) is 35.3 Å². The molecule has 40 heavy (non-hydrogen) atoms. The van der Waals surface area contributed by atoms with Crippen molar-refractivity contribution in [2.45, 2.75) is 56.5 Å². The molecule has 6 nitrogen and oxygen atoms in total. The van der Waals surface area contributed by atoms with Gasteiger partial charge >= 0.3 is 6.61 Å². The molecule has 0 bridgehead atoms. The Bertz CT molecular complexity index is 1420. The van der Waals surface area contributed by atoms with Crippen molar-refractivity contribution >= 4 is 17.5 Å². The van der Waals surface area contributed by atoms with E-state index in [1.54, 1.807) is 30.3 Å². The molecule has 1 heterocycles. The van der Waals surface area contributed by atoms with Gasteiger partial charge in [-0.05, 0) is 30.5 Å². The number of halogens is 5. The Hall–Kier alpha value is -3.34. The van der Waals surface area contributed by atoms with Crippen LogP contribution in [0.5, 0.6) is 11.5 Å². The summed E-state index contributed by atoms with van der Waals surface area (Å²) in [6.07, 6.45) is 3.56. The van der Waals surface area contributed by atoms with E-state index >= 15 is 8.78 Å². The van der Waals surface area contributed by atoms with Crippen LogP contribution in [0.25, 0.3) is 11.1 Å². The largest absolute Gasteiger partial charge is 0.478 e. The summed E-state index contributed by atoms with van der Waals surface area (Å²) in [7, 11) is 0. The average Bonchev–Trinajstić information content (AvgIpc) is 3.22. The molecule has 1 amide bonds. The number of carbonyl (C=O) groups excluding carboxylic acids is 1. The summed E-state index contributed by atoms with van der Waals surface area (Å²) in [5.74, 6) is -4.65. The molecular weight excluding hydrogens is 552 g/mol. The lowest BCUT2D eigenvalue weighted by Gasteiger charge is -2.35. The normalized spacial score (nSPS) is 20.8. The maximum Gasteiger partial charge on any atom is 0.387 e. The number of fused-ring (bicyclic) bond motifs is 1. The fraction of sp³-hybridized carbons (Fsp3) is 0.345. The molecule has 1 aliphatic heterocycles. The lowest BCUT2D eigenvalue weighted by atomic mass is 9.82. The van der Waals surface area contributed by atoms with Crippen molar-refractivity contribution < 1.29 is 36.9 Å². The molecule has 5 rings (SSSR count). The molecule has 0 unspecified atom stereocenters. The van der Waals surface area contributed by atoms with Gasteiger partial charge in [-0.3, -0.25) is 4.79 Å². The second kappa shape index (κ2) is 11.3. The molecule has 0 saturated heterocycles. The smallest absolute Gasteiger partial charge is 0.387 e. The van der Waals surface area contributed by atoms with Crippen molar-refractivity contribution in [3.8, 4) is 22.6 Å². The van der Waals surface area contributed by atoms with Gasteiger partial charge in [0.1, 0.15) is 17.7 Å². The highest BCUT2D eigenvalue weighted by Gasteiger charge is 2.52. The molecule has 0 radical (unpaired) electrons. The monoisotopic (exact) mass is 578 g/mol. The van der Waals surface area contributed by atoms with Crippen LogP contribution in [0.4, 0.5) is 17.6 Å². The third-order valence-electron chi connectivity index (χ3n) is 7.59. The summed E-state index contributed by atoms with van der Waals surface area (Å²) in [4.78, 5) is 12.3. The number of hydrogen-bond donors (Lipinski definition) is 3. The van der Waals surface area contributed by atoms with E-state index in [1.165, 1.54) is 0 Å². The lowest BCUT2D eigenvalue weighted by molar-refractivity contribution is -0.0521. The van der Waals surface area contributed by atoms with Gasteiger partial charge in [-0.2, -0.15) is 8.78 Å². The van der Waals surface area contributed by atoms with E-state index in [0.717, 1.165) is 50.3 Å². The fourth-order valence-electron chi connectivity index (χ4n) is 5.67. The lowest BCUT2D eigenvalue weighted by Crippen LogP contribution is -2.48. The Labute approximate surface area is 233 Å². The van der Waals surface area contributed by atoms with E-state index in [0.29, 0.717) is 5.56 Å². The van der Waals surface area contributed by atoms with Gasteiger partial charge in [-0.15, -0.1) is 0 Å². The second-order valence-corrected chi connectivity index (χ2v) is 10.4. The maximum atomic E-state index is 15.8. The number of primary amides is 1. The van der Waals surface area contributed by atoms with E-state index in [1.807, 2.05) is 0 Å². The standard InChI is InChI=1S/C29H27ClF4N2O4/c30-24-18(31)13-20-22(23(24)21-17(27(35)38)11-12-19(25(21)32)39-28(33)34)26(37)29(40-20,15-7-3-1-4-8-15)14-36-16-9-5-2-6-10-16/h1,3-4,7-8,11-13,16,26,28,36-37H,2,5-6,9-10,14H2,(H2,35,38)/t26-,29+/m0/s1. The molecule has 1 saturated carbocycles. The van der Waals surface area contributed by atoms with Crippen molar-refractivity contribution in [2.24, 2.45) is 5.73 Å². The molecule has 11 heteroatoms. The minimum atomic E-state index is -3.39. The predicted molar refractivity (Wildman–Crippen MR) is 141 cm³/mol. The summed E-state index contributed by atoms with van der Waals surface area (Å²) < 4.78 is 67.6. The van der Waals surface area contributed by atoms with Gasteiger partial charge < -0.3 is 25.6 Å². The van der Waals surface area contributed by atoms with Gasteiger partial charge in [0.05, 0.1) is 10.6 Å². The summed E-state index contributed by atoms with van der Waals surface area (Å²) in [5, 5.41) is 14.7. The topological polar surface area (TPSA) is 93.8 Å². The predicted octanol–water partition coefficient (Wildman–Crippen LogP) is 6.23. The first-order valence-electron chi connectivity index (χ1n) is 12.9.